The largest absolute Gasteiger partial charge is 0.477 e. The standard InChI is InChI=1S/C9H11NO3/c1-2-3-10-5-7(6-11)4-8(10)9(12)13/h2,4-5,11H,1,3,6H2,(H,12,13). The summed E-state index contributed by atoms with van der Waals surface area (Å²) < 4.78 is 1.53. The summed E-state index contributed by atoms with van der Waals surface area (Å²) in [5.74, 6) is -0.999. The zero-order valence-electron chi connectivity index (χ0n) is 7.10. The number of carbonyl (C=O) groups is 1. The van der Waals surface area contributed by atoms with Crippen LogP contribution in [0.2, 0.25) is 0 Å². The molecule has 1 rings (SSSR count). The lowest BCUT2D eigenvalue weighted by Crippen LogP contribution is -2.06. The third-order valence-electron chi connectivity index (χ3n) is 1.68. The van der Waals surface area contributed by atoms with Crippen molar-refractivity contribution in [2.45, 2.75) is 13.2 Å². The molecule has 2 N–H and O–H groups in total. The van der Waals surface area contributed by atoms with Gasteiger partial charge in [0.25, 0.3) is 0 Å². The predicted molar refractivity (Wildman–Crippen MR) is 47.5 cm³/mol. The summed E-state index contributed by atoms with van der Waals surface area (Å²) in [5, 5.41) is 17.6. The van der Waals surface area contributed by atoms with Crippen molar-refractivity contribution < 1.29 is 15.0 Å². The highest BCUT2D eigenvalue weighted by Gasteiger charge is 2.10. The maximum Gasteiger partial charge on any atom is 0.352 e. The minimum absolute atomic E-state index is 0.148. The summed E-state index contributed by atoms with van der Waals surface area (Å²) >= 11 is 0. The number of rotatable bonds is 4. The van der Waals surface area contributed by atoms with Crippen LogP contribution in [-0.2, 0) is 13.2 Å². The van der Waals surface area contributed by atoms with Crippen LogP contribution in [0.5, 0.6) is 0 Å². The molecule has 0 aromatic carbocycles. The minimum atomic E-state index is -0.999. The maximum atomic E-state index is 10.7. The number of carboxylic acids is 1. The molecule has 0 aliphatic heterocycles. The van der Waals surface area contributed by atoms with Gasteiger partial charge >= 0.3 is 5.97 Å². The van der Waals surface area contributed by atoms with Gasteiger partial charge in [0.1, 0.15) is 5.69 Å². The molecular weight excluding hydrogens is 170 g/mol. The molecule has 0 bridgehead atoms. The fourth-order valence-electron chi connectivity index (χ4n) is 1.13. The number of aromatic carboxylic acids is 1. The lowest BCUT2D eigenvalue weighted by Gasteiger charge is -2.00. The van der Waals surface area contributed by atoms with E-state index in [0.29, 0.717) is 12.1 Å². The molecule has 0 fully saturated rings. The van der Waals surface area contributed by atoms with Gasteiger partial charge in [0, 0.05) is 12.7 Å². The van der Waals surface area contributed by atoms with Crippen molar-refractivity contribution in [1.82, 2.24) is 4.57 Å². The van der Waals surface area contributed by atoms with Crippen LogP contribution >= 0.6 is 0 Å². The number of carboxylic acid groups (broad SMARTS) is 1. The van der Waals surface area contributed by atoms with Crippen LogP contribution in [0.15, 0.2) is 24.9 Å². The van der Waals surface area contributed by atoms with Crippen molar-refractivity contribution in [3.63, 3.8) is 0 Å². The minimum Gasteiger partial charge on any atom is -0.477 e. The van der Waals surface area contributed by atoms with Crippen LogP contribution in [0.3, 0.4) is 0 Å². The number of aliphatic hydroxyl groups is 1. The molecule has 1 aromatic rings. The number of allylic oxidation sites excluding steroid dienone is 1. The molecule has 0 aliphatic carbocycles. The molecular formula is C9H11NO3. The average Bonchev–Trinajstić information content (AvgIpc) is 2.48. The highest BCUT2D eigenvalue weighted by atomic mass is 16.4. The highest BCUT2D eigenvalue weighted by Crippen LogP contribution is 2.09. The van der Waals surface area contributed by atoms with E-state index in [1.54, 1.807) is 12.3 Å². The Balaban J connectivity index is 3.06. The molecule has 0 radical (unpaired) electrons. The van der Waals surface area contributed by atoms with Gasteiger partial charge in [-0.3, -0.25) is 0 Å². The molecule has 0 atom stereocenters. The molecule has 4 nitrogen and oxygen atoms in total. The molecule has 1 aromatic heterocycles. The van der Waals surface area contributed by atoms with Crippen molar-refractivity contribution in [2.24, 2.45) is 0 Å². The Labute approximate surface area is 75.7 Å². The zero-order valence-corrected chi connectivity index (χ0v) is 7.10. The average molecular weight is 181 g/mol. The second-order valence-corrected chi connectivity index (χ2v) is 2.64. The highest BCUT2D eigenvalue weighted by molar-refractivity contribution is 5.86. The second-order valence-electron chi connectivity index (χ2n) is 2.64. The van der Waals surface area contributed by atoms with Crippen molar-refractivity contribution in [3.05, 3.63) is 36.2 Å². The molecule has 4 heteroatoms. The van der Waals surface area contributed by atoms with E-state index >= 15 is 0 Å². The first-order chi connectivity index (χ1) is 6.19. The molecule has 70 valence electrons. The Morgan fingerprint density at radius 1 is 1.69 bits per heavy atom. The third kappa shape index (κ3) is 1.97. The van der Waals surface area contributed by atoms with E-state index in [9.17, 15) is 4.79 Å². The molecule has 1 heterocycles. The first-order valence-electron chi connectivity index (χ1n) is 3.83. The van der Waals surface area contributed by atoms with E-state index in [4.69, 9.17) is 10.2 Å². The predicted octanol–water partition coefficient (Wildman–Crippen LogP) is 0.865. The van der Waals surface area contributed by atoms with Crippen LogP contribution in [0, 0.1) is 0 Å². The van der Waals surface area contributed by atoms with Gasteiger partial charge in [-0.05, 0) is 11.6 Å². The van der Waals surface area contributed by atoms with Gasteiger partial charge in [-0.2, -0.15) is 0 Å². The summed E-state index contributed by atoms with van der Waals surface area (Å²) in [7, 11) is 0. The summed E-state index contributed by atoms with van der Waals surface area (Å²) in [5.41, 5.74) is 0.767. The van der Waals surface area contributed by atoms with Crippen LogP contribution in [0.1, 0.15) is 16.1 Å². The van der Waals surface area contributed by atoms with Crippen molar-refractivity contribution in [2.75, 3.05) is 0 Å². The number of aliphatic hydroxyl groups excluding tert-OH is 1. The smallest absolute Gasteiger partial charge is 0.352 e. The van der Waals surface area contributed by atoms with Crippen molar-refractivity contribution >= 4 is 5.97 Å². The van der Waals surface area contributed by atoms with Crippen LogP contribution in [0.25, 0.3) is 0 Å². The number of hydrogen-bond acceptors (Lipinski definition) is 2. The van der Waals surface area contributed by atoms with Gasteiger partial charge in [0.15, 0.2) is 0 Å². The zero-order chi connectivity index (χ0) is 9.84. The maximum absolute atomic E-state index is 10.7. The lowest BCUT2D eigenvalue weighted by molar-refractivity contribution is 0.0686. The van der Waals surface area contributed by atoms with E-state index < -0.39 is 5.97 Å². The first kappa shape index (κ1) is 9.54. The SMILES string of the molecule is C=CCn1cc(CO)cc1C(=O)O. The van der Waals surface area contributed by atoms with E-state index in [0.717, 1.165) is 0 Å². The summed E-state index contributed by atoms with van der Waals surface area (Å²) in [6, 6.07) is 1.45. The fourth-order valence-corrected chi connectivity index (χ4v) is 1.13. The number of aromatic nitrogens is 1. The molecule has 0 spiro atoms. The number of nitrogens with zero attached hydrogens (tertiary/aromatic N) is 1. The van der Waals surface area contributed by atoms with Crippen LogP contribution in [0.4, 0.5) is 0 Å². The quantitative estimate of drug-likeness (QED) is 0.677. The Kier molecular flexibility index (Phi) is 2.87. The monoisotopic (exact) mass is 181 g/mol. The van der Waals surface area contributed by atoms with Gasteiger partial charge in [0.2, 0.25) is 0 Å². The molecule has 0 aliphatic rings. The van der Waals surface area contributed by atoms with Gasteiger partial charge in [-0.25, -0.2) is 4.79 Å². The summed E-state index contributed by atoms with van der Waals surface area (Å²) in [6.07, 6.45) is 3.21. The van der Waals surface area contributed by atoms with Crippen molar-refractivity contribution in [1.29, 1.82) is 0 Å². The van der Waals surface area contributed by atoms with Crippen LogP contribution < -0.4 is 0 Å². The van der Waals surface area contributed by atoms with E-state index in [2.05, 4.69) is 6.58 Å². The summed E-state index contributed by atoms with van der Waals surface area (Å²) in [6.45, 7) is 3.80. The van der Waals surface area contributed by atoms with Gasteiger partial charge in [-0.1, -0.05) is 6.08 Å². The fraction of sp³-hybridized carbons (Fsp3) is 0.222. The molecule has 0 saturated heterocycles. The van der Waals surface area contributed by atoms with Crippen molar-refractivity contribution in [3.8, 4) is 0 Å². The van der Waals surface area contributed by atoms with Gasteiger partial charge in [0.05, 0.1) is 6.61 Å². The van der Waals surface area contributed by atoms with Gasteiger partial charge in [-0.15, -0.1) is 6.58 Å². The third-order valence-corrected chi connectivity index (χ3v) is 1.68. The van der Waals surface area contributed by atoms with E-state index in [1.165, 1.54) is 10.6 Å². The Morgan fingerprint density at radius 3 is 2.85 bits per heavy atom. The Hall–Kier alpha value is -1.55. The van der Waals surface area contributed by atoms with E-state index in [1.807, 2.05) is 0 Å². The van der Waals surface area contributed by atoms with E-state index in [-0.39, 0.29) is 12.3 Å². The topological polar surface area (TPSA) is 62.5 Å². The normalized spacial score (nSPS) is 9.92. The molecule has 0 saturated carbocycles. The first-order valence-corrected chi connectivity index (χ1v) is 3.83. The molecule has 13 heavy (non-hydrogen) atoms. The molecule has 0 unspecified atom stereocenters. The van der Waals surface area contributed by atoms with Gasteiger partial charge < -0.3 is 14.8 Å². The Bertz CT molecular complexity index is 328. The summed E-state index contributed by atoms with van der Waals surface area (Å²) in [4.78, 5) is 10.7. The second kappa shape index (κ2) is 3.91. The van der Waals surface area contributed by atoms with Crippen LogP contribution in [-0.4, -0.2) is 20.7 Å². The Morgan fingerprint density at radius 2 is 2.38 bits per heavy atom. The lowest BCUT2D eigenvalue weighted by atomic mass is 10.3. The number of hydrogen-bond donors (Lipinski definition) is 2. The molecule has 0 amide bonds.